The first-order valence-electron chi connectivity index (χ1n) is 9.93. The molecule has 0 radical (unpaired) electrons. The monoisotopic (exact) mass is 384 g/mol. The Hall–Kier alpha value is -2.60. The van der Waals surface area contributed by atoms with E-state index in [9.17, 15) is 4.39 Å². The molecule has 2 aromatic carbocycles. The van der Waals surface area contributed by atoms with Gasteiger partial charge in [-0.15, -0.1) is 0 Å². The number of guanidine groups is 1. The number of benzene rings is 2. The van der Waals surface area contributed by atoms with Crippen molar-refractivity contribution < 1.29 is 9.13 Å². The molecule has 6 heteroatoms. The van der Waals surface area contributed by atoms with Crippen LogP contribution < -0.4 is 15.5 Å². The van der Waals surface area contributed by atoms with Crippen molar-refractivity contribution in [2.45, 2.75) is 19.9 Å². The number of anilines is 1. The highest BCUT2D eigenvalue weighted by molar-refractivity contribution is 5.79. The molecule has 2 N–H and O–H groups in total. The van der Waals surface area contributed by atoms with Crippen LogP contribution in [0.4, 0.5) is 10.1 Å². The third-order valence-corrected chi connectivity index (χ3v) is 4.71. The van der Waals surface area contributed by atoms with Crippen molar-refractivity contribution in [1.82, 2.24) is 10.6 Å². The maximum Gasteiger partial charge on any atom is 0.191 e. The molecule has 0 amide bonds. The van der Waals surface area contributed by atoms with Gasteiger partial charge in [-0.3, -0.25) is 0 Å². The fourth-order valence-electron chi connectivity index (χ4n) is 3.24. The molecule has 1 aliphatic heterocycles. The maximum atomic E-state index is 13.0. The largest absolute Gasteiger partial charge is 0.378 e. The first kappa shape index (κ1) is 20.1. The van der Waals surface area contributed by atoms with E-state index in [2.05, 4.69) is 46.7 Å². The first-order valence-corrected chi connectivity index (χ1v) is 9.93. The highest BCUT2D eigenvalue weighted by Crippen LogP contribution is 2.22. The summed E-state index contributed by atoms with van der Waals surface area (Å²) in [7, 11) is 0. The highest BCUT2D eigenvalue weighted by Gasteiger charge is 2.14. The van der Waals surface area contributed by atoms with Crippen LogP contribution in [-0.2, 0) is 17.7 Å². The Kier molecular flexibility index (Phi) is 7.67. The quantitative estimate of drug-likeness (QED) is 0.569. The first-order chi connectivity index (χ1) is 13.8. The zero-order valence-corrected chi connectivity index (χ0v) is 16.5. The summed E-state index contributed by atoms with van der Waals surface area (Å²) in [6, 6.07) is 15.1. The molecular formula is C22H29FN4O. The zero-order valence-electron chi connectivity index (χ0n) is 16.5. The number of para-hydroxylation sites is 1. The van der Waals surface area contributed by atoms with Gasteiger partial charge in [0.25, 0.3) is 0 Å². The summed E-state index contributed by atoms with van der Waals surface area (Å²) >= 11 is 0. The number of morpholine rings is 1. The second-order valence-electron chi connectivity index (χ2n) is 6.73. The number of ether oxygens (including phenoxy) is 1. The summed E-state index contributed by atoms with van der Waals surface area (Å²) < 4.78 is 18.5. The average molecular weight is 384 g/mol. The minimum Gasteiger partial charge on any atom is -0.378 e. The van der Waals surface area contributed by atoms with E-state index in [-0.39, 0.29) is 5.82 Å². The molecule has 0 saturated carbocycles. The molecule has 0 aliphatic carbocycles. The van der Waals surface area contributed by atoms with E-state index in [1.165, 1.54) is 23.4 Å². The van der Waals surface area contributed by atoms with E-state index < -0.39 is 0 Å². The van der Waals surface area contributed by atoms with Crippen LogP contribution in [0.15, 0.2) is 53.5 Å². The van der Waals surface area contributed by atoms with Crippen molar-refractivity contribution in [3.05, 3.63) is 65.5 Å². The Morgan fingerprint density at radius 3 is 2.57 bits per heavy atom. The predicted molar refractivity (Wildman–Crippen MR) is 112 cm³/mol. The summed E-state index contributed by atoms with van der Waals surface area (Å²) in [6.45, 7) is 7.57. The lowest BCUT2D eigenvalue weighted by Gasteiger charge is -2.30. The Bertz CT molecular complexity index is 757. The molecule has 0 spiro atoms. The molecule has 0 atom stereocenters. The van der Waals surface area contributed by atoms with E-state index in [0.717, 1.165) is 57.3 Å². The fraction of sp³-hybridized carbons (Fsp3) is 0.409. The summed E-state index contributed by atoms with van der Waals surface area (Å²) in [5.41, 5.74) is 3.54. The van der Waals surface area contributed by atoms with Gasteiger partial charge >= 0.3 is 0 Å². The lowest BCUT2D eigenvalue weighted by Crippen LogP contribution is -2.38. The van der Waals surface area contributed by atoms with Crippen LogP contribution in [0.1, 0.15) is 18.1 Å². The van der Waals surface area contributed by atoms with Crippen LogP contribution in [0.2, 0.25) is 0 Å². The van der Waals surface area contributed by atoms with Crippen molar-refractivity contribution in [3.8, 4) is 0 Å². The topological polar surface area (TPSA) is 48.9 Å². The summed E-state index contributed by atoms with van der Waals surface area (Å²) in [4.78, 5) is 7.13. The normalized spacial score (nSPS) is 14.8. The molecule has 1 fully saturated rings. The molecule has 1 heterocycles. The highest BCUT2D eigenvalue weighted by atomic mass is 19.1. The number of rotatable bonds is 7. The fourth-order valence-corrected chi connectivity index (χ4v) is 3.24. The van der Waals surface area contributed by atoms with Gasteiger partial charge in [-0.2, -0.15) is 0 Å². The molecule has 1 saturated heterocycles. The molecular weight excluding hydrogens is 355 g/mol. The molecule has 150 valence electrons. The predicted octanol–water partition coefficient (Wildman–Crippen LogP) is 2.96. The second kappa shape index (κ2) is 10.7. The maximum absolute atomic E-state index is 13.0. The summed E-state index contributed by atoms with van der Waals surface area (Å²) in [5, 5.41) is 6.66. The van der Waals surface area contributed by atoms with Crippen molar-refractivity contribution in [3.63, 3.8) is 0 Å². The molecule has 3 rings (SSSR count). The van der Waals surface area contributed by atoms with E-state index in [0.29, 0.717) is 6.54 Å². The van der Waals surface area contributed by atoms with Crippen LogP contribution in [0.25, 0.3) is 0 Å². The number of nitrogens with zero attached hydrogens (tertiary/aromatic N) is 2. The number of hydrogen-bond donors (Lipinski definition) is 2. The smallest absolute Gasteiger partial charge is 0.191 e. The van der Waals surface area contributed by atoms with Gasteiger partial charge in [-0.05, 0) is 42.7 Å². The van der Waals surface area contributed by atoms with Gasteiger partial charge in [0.1, 0.15) is 5.82 Å². The average Bonchev–Trinajstić information content (AvgIpc) is 2.74. The Labute approximate surface area is 166 Å². The SMILES string of the molecule is CCNC(=NCc1ccccc1N1CCOCC1)NCCc1ccc(F)cc1. The third-order valence-electron chi connectivity index (χ3n) is 4.71. The van der Waals surface area contributed by atoms with Crippen molar-refractivity contribution >= 4 is 11.6 Å². The van der Waals surface area contributed by atoms with Crippen LogP contribution >= 0.6 is 0 Å². The Balaban J connectivity index is 1.60. The summed E-state index contributed by atoms with van der Waals surface area (Å²) in [6.07, 6.45) is 0.815. The number of aliphatic imine (C=N–C) groups is 1. The zero-order chi connectivity index (χ0) is 19.6. The number of nitrogens with one attached hydrogen (secondary N) is 2. The molecule has 0 unspecified atom stereocenters. The van der Waals surface area contributed by atoms with Gasteiger partial charge in [-0.1, -0.05) is 30.3 Å². The molecule has 0 aromatic heterocycles. The van der Waals surface area contributed by atoms with Gasteiger partial charge in [-0.25, -0.2) is 9.38 Å². The van der Waals surface area contributed by atoms with Crippen LogP contribution in [-0.4, -0.2) is 45.4 Å². The minimum absolute atomic E-state index is 0.203. The van der Waals surface area contributed by atoms with Gasteiger partial charge in [0, 0.05) is 31.9 Å². The molecule has 28 heavy (non-hydrogen) atoms. The van der Waals surface area contributed by atoms with Crippen molar-refractivity contribution in [2.75, 3.05) is 44.3 Å². The lowest BCUT2D eigenvalue weighted by atomic mass is 10.1. The van der Waals surface area contributed by atoms with Gasteiger partial charge in [0.15, 0.2) is 5.96 Å². The molecule has 0 bridgehead atoms. The Morgan fingerprint density at radius 2 is 1.82 bits per heavy atom. The van der Waals surface area contributed by atoms with E-state index >= 15 is 0 Å². The number of hydrogen-bond acceptors (Lipinski definition) is 3. The van der Waals surface area contributed by atoms with Gasteiger partial charge in [0.2, 0.25) is 0 Å². The van der Waals surface area contributed by atoms with Crippen molar-refractivity contribution in [2.24, 2.45) is 4.99 Å². The minimum atomic E-state index is -0.203. The second-order valence-corrected chi connectivity index (χ2v) is 6.73. The van der Waals surface area contributed by atoms with Crippen LogP contribution in [0, 0.1) is 5.82 Å². The van der Waals surface area contributed by atoms with Crippen LogP contribution in [0.5, 0.6) is 0 Å². The van der Waals surface area contributed by atoms with Gasteiger partial charge < -0.3 is 20.3 Å². The molecule has 2 aromatic rings. The van der Waals surface area contributed by atoms with Gasteiger partial charge in [0.05, 0.1) is 19.8 Å². The summed E-state index contributed by atoms with van der Waals surface area (Å²) in [5.74, 6) is 0.590. The van der Waals surface area contributed by atoms with E-state index in [1.807, 2.05) is 12.1 Å². The lowest BCUT2D eigenvalue weighted by molar-refractivity contribution is 0.122. The Morgan fingerprint density at radius 1 is 1.07 bits per heavy atom. The third kappa shape index (κ3) is 5.96. The standard InChI is InChI=1S/C22H29FN4O/c1-2-24-22(25-12-11-18-7-9-20(23)10-8-18)26-17-19-5-3-4-6-21(19)27-13-15-28-16-14-27/h3-10H,2,11-17H2,1H3,(H2,24,25,26). The van der Waals surface area contributed by atoms with Crippen molar-refractivity contribution in [1.29, 1.82) is 0 Å². The molecule has 5 nitrogen and oxygen atoms in total. The van der Waals surface area contributed by atoms with E-state index in [4.69, 9.17) is 9.73 Å². The molecule has 1 aliphatic rings. The van der Waals surface area contributed by atoms with Crippen LogP contribution in [0.3, 0.4) is 0 Å². The number of halogens is 1. The van der Waals surface area contributed by atoms with E-state index in [1.54, 1.807) is 0 Å².